The molecule has 2 aromatic heterocycles. The van der Waals surface area contributed by atoms with Crippen molar-refractivity contribution in [2.45, 2.75) is 73.6 Å². The number of Topliss-reactive ketones (excluding diaryl/α,β-unsaturated/α-hetero) is 2. The van der Waals surface area contributed by atoms with Gasteiger partial charge >= 0.3 is 11.9 Å². The first-order chi connectivity index (χ1) is 18.3. The molecule has 2 aliphatic carbocycles. The average molecular weight is 532 g/mol. The Kier molecular flexibility index (Phi) is 13.7. The average Bonchev–Trinajstić information content (AvgIpc) is 3.55. The van der Waals surface area contributed by atoms with E-state index in [1.165, 1.54) is 0 Å². The van der Waals surface area contributed by atoms with Gasteiger partial charge in [-0.15, -0.1) is 0 Å². The Labute approximate surface area is 224 Å². The van der Waals surface area contributed by atoms with Crippen LogP contribution in [0.25, 0.3) is 0 Å². The minimum Gasteiger partial charge on any atom is -0.461 e. The number of esters is 2. The molecule has 2 aliphatic rings. The lowest BCUT2D eigenvalue weighted by molar-refractivity contribution is 0.0508. The highest BCUT2D eigenvalue weighted by molar-refractivity contribution is 6.10. The van der Waals surface area contributed by atoms with E-state index >= 15 is 0 Å². The molecule has 0 saturated carbocycles. The van der Waals surface area contributed by atoms with Crippen molar-refractivity contribution in [3.05, 3.63) is 45.7 Å². The number of aromatic nitrogens is 4. The molecule has 0 aromatic carbocycles. The first-order valence-corrected chi connectivity index (χ1v) is 13.2. The molecule has 2 aromatic rings. The maximum Gasteiger partial charge on any atom is 0.356 e. The van der Waals surface area contributed by atoms with Crippen molar-refractivity contribution in [1.29, 1.82) is 0 Å². The number of fused-ring (bicyclic) bond motifs is 2. The maximum absolute atomic E-state index is 12.2. The lowest BCUT2D eigenvalue weighted by Gasteiger charge is -2.15. The van der Waals surface area contributed by atoms with Gasteiger partial charge in [-0.2, -0.15) is 10.2 Å². The van der Waals surface area contributed by atoms with Gasteiger partial charge in [-0.05, 0) is 39.5 Å². The Bertz CT molecular complexity index is 1130. The van der Waals surface area contributed by atoms with Gasteiger partial charge < -0.3 is 14.4 Å². The van der Waals surface area contributed by atoms with Gasteiger partial charge in [0.25, 0.3) is 0 Å². The zero-order chi connectivity index (χ0) is 28.8. The number of carbonyl (C=O) groups is 4. The molecular formula is C27H41N5O6. The topological polar surface area (TPSA) is 147 Å². The third kappa shape index (κ3) is 7.87. The van der Waals surface area contributed by atoms with E-state index < -0.39 is 11.9 Å². The maximum atomic E-state index is 12.2. The number of hydrogen-bond donors (Lipinski definition) is 2. The molecule has 0 unspecified atom stereocenters. The fraction of sp³-hybridized carbons (Fsp3) is 0.556. The predicted molar refractivity (Wildman–Crippen MR) is 143 cm³/mol. The first-order valence-electron chi connectivity index (χ1n) is 13.2. The Balaban J connectivity index is 0.000000343. The van der Waals surface area contributed by atoms with E-state index in [0.29, 0.717) is 78.4 Å². The smallest absolute Gasteiger partial charge is 0.356 e. The summed E-state index contributed by atoms with van der Waals surface area (Å²) in [6.45, 7) is 12.1. The van der Waals surface area contributed by atoms with E-state index in [1.807, 2.05) is 46.7 Å². The summed E-state index contributed by atoms with van der Waals surface area (Å²) in [5.74, 6) is -1.00. The summed E-state index contributed by atoms with van der Waals surface area (Å²) in [5.41, 5.74) is 3.46. The zero-order valence-corrected chi connectivity index (χ0v) is 23.8. The molecule has 2 N–H and O–H groups in total. The summed E-state index contributed by atoms with van der Waals surface area (Å²) in [4.78, 5) is 48.7. The number of carbonyl (C=O) groups excluding carboxylic acids is 4. The molecule has 38 heavy (non-hydrogen) atoms. The number of H-pyrrole nitrogens is 2. The van der Waals surface area contributed by atoms with Gasteiger partial charge in [0.2, 0.25) is 5.78 Å². The Morgan fingerprint density at radius 2 is 1.32 bits per heavy atom. The lowest BCUT2D eigenvalue weighted by Crippen LogP contribution is -2.18. The second kappa shape index (κ2) is 16.2. The molecule has 0 atom stereocenters. The normalized spacial score (nSPS) is 14.4. The highest BCUT2D eigenvalue weighted by Crippen LogP contribution is 2.26. The van der Waals surface area contributed by atoms with Crippen LogP contribution in [0.5, 0.6) is 0 Å². The fourth-order valence-electron chi connectivity index (χ4n) is 3.88. The quantitative estimate of drug-likeness (QED) is 0.425. The molecule has 0 amide bonds. The van der Waals surface area contributed by atoms with Gasteiger partial charge in [-0.1, -0.05) is 27.7 Å². The molecule has 0 bridgehead atoms. The molecule has 4 rings (SSSR count). The molecule has 2 heterocycles. The van der Waals surface area contributed by atoms with Crippen molar-refractivity contribution in [2.24, 2.45) is 0 Å². The number of nitrogens with zero attached hydrogens (tertiary/aromatic N) is 3. The molecule has 11 heteroatoms. The van der Waals surface area contributed by atoms with E-state index in [2.05, 4.69) is 20.4 Å². The summed E-state index contributed by atoms with van der Waals surface area (Å²) in [6.07, 6.45) is 5.02. The van der Waals surface area contributed by atoms with Crippen LogP contribution in [0.4, 0.5) is 0 Å². The van der Waals surface area contributed by atoms with Gasteiger partial charge in [0.1, 0.15) is 22.8 Å². The largest absolute Gasteiger partial charge is 0.461 e. The number of allylic oxidation sites excluding steroid dienone is 1. The number of nitrogens with one attached hydrogen (secondary N) is 2. The SMILES string of the molecule is CC.CC.CCOC(=O)c1[nH]nc2c1CC/C(=C/N(C)C)C2=O.CCOC(=O)c1[nH]nc2c1CCCC2=O. The molecule has 11 nitrogen and oxygen atoms in total. The van der Waals surface area contributed by atoms with E-state index in [-0.39, 0.29) is 11.6 Å². The van der Waals surface area contributed by atoms with Gasteiger partial charge in [-0.25, -0.2) is 9.59 Å². The van der Waals surface area contributed by atoms with Crippen molar-refractivity contribution in [1.82, 2.24) is 25.3 Å². The van der Waals surface area contributed by atoms with Crippen LogP contribution >= 0.6 is 0 Å². The van der Waals surface area contributed by atoms with Crippen LogP contribution in [-0.2, 0) is 22.3 Å². The monoisotopic (exact) mass is 531 g/mol. The number of aromatic amines is 2. The summed E-state index contributed by atoms with van der Waals surface area (Å²) < 4.78 is 9.80. The van der Waals surface area contributed by atoms with E-state index in [9.17, 15) is 19.2 Å². The van der Waals surface area contributed by atoms with Crippen LogP contribution in [0.15, 0.2) is 11.8 Å². The van der Waals surface area contributed by atoms with Crippen molar-refractivity contribution >= 4 is 23.5 Å². The van der Waals surface area contributed by atoms with E-state index in [4.69, 9.17) is 9.47 Å². The van der Waals surface area contributed by atoms with Crippen molar-refractivity contribution in [3.63, 3.8) is 0 Å². The van der Waals surface area contributed by atoms with Gasteiger partial charge in [-0.3, -0.25) is 19.8 Å². The summed E-state index contributed by atoms with van der Waals surface area (Å²) in [6, 6.07) is 0. The highest BCUT2D eigenvalue weighted by Gasteiger charge is 2.30. The van der Waals surface area contributed by atoms with Crippen LogP contribution in [0, 0.1) is 0 Å². The second-order valence-corrected chi connectivity index (χ2v) is 8.02. The lowest BCUT2D eigenvalue weighted by atomic mass is 9.91. The third-order valence-corrected chi connectivity index (χ3v) is 5.35. The molecule has 0 spiro atoms. The second-order valence-electron chi connectivity index (χ2n) is 8.02. The Hall–Kier alpha value is -3.76. The standard InChI is InChI=1S/C13H17N3O3.C10H12N2O3.2C2H6/c1-4-19-13(18)11-9-6-5-8(7-16(2)3)12(17)10(9)14-15-11;1-2-15-10(14)9-6-4-3-5-7(13)8(6)11-12-9;2*1-2/h7H,4-6H2,1-3H3,(H,14,15);2-5H2,1H3,(H,11,12);2*1-2H3/b8-7-;;;. The molecule has 0 aliphatic heterocycles. The van der Waals surface area contributed by atoms with Crippen molar-refractivity contribution in [3.8, 4) is 0 Å². The van der Waals surface area contributed by atoms with Crippen LogP contribution in [-0.4, -0.2) is 76.1 Å². The van der Waals surface area contributed by atoms with E-state index in [0.717, 1.165) is 6.42 Å². The predicted octanol–water partition coefficient (Wildman–Crippen LogP) is 4.32. The van der Waals surface area contributed by atoms with Crippen molar-refractivity contribution in [2.75, 3.05) is 27.3 Å². The van der Waals surface area contributed by atoms with Crippen LogP contribution in [0.1, 0.15) is 114 Å². The fourth-order valence-corrected chi connectivity index (χ4v) is 3.88. The number of ether oxygens (including phenoxy) is 2. The van der Waals surface area contributed by atoms with Crippen LogP contribution < -0.4 is 0 Å². The molecule has 0 fully saturated rings. The van der Waals surface area contributed by atoms with Crippen LogP contribution in [0.3, 0.4) is 0 Å². The van der Waals surface area contributed by atoms with Gasteiger partial charge in [0.05, 0.1) is 13.2 Å². The summed E-state index contributed by atoms with van der Waals surface area (Å²) in [7, 11) is 3.73. The first kappa shape index (κ1) is 32.3. The number of hydrogen-bond acceptors (Lipinski definition) is 9. The molecule has 0 radical (unpaired) electrons. The molecule has 210 valence electrons. The Morgan fingerprint density at radius 3 is 1.82 bits per heavy atom. The van der Waals surface area contributed by atoms with Gasteiger partial charge in [0, 0.05) is 43.4 Å². The van der Waals surface area contributed by atoms with Crippen molar-refractivity contribution < 1.29 is 28.7 Å². The van der Waals surface area contributed by atoms with Crippen LogP contribution in [0.2, 0.25) is 0 Å². The zero-order valence-electron chi connectivity index (χ0n) is 23.8. The summed E-state index contributed by atoms with van der Waals surface area (Å²) in [5, 5.41) is 13.0. The Morgan fingerprint density at radius 1 is 0.816 bits per heavy atom. The van der Waals surface area contributed by atoms with E-state index in [1.54, 1.807) is 20.0 Å². The molecule has 0 saturated heterocycles. The summed E-state index contributed by atoms with van der Waals surface area (Å²) >= 11 is 0. The molecular weight excluding hydrogens is 490 g/mol. The minimum atomic E-state index is -0.455. The third-order valence-electron chi connectivity index (χ3n) is 5.35. The minimum absolute atomic E-state index is 0.00282. The number of ketones is 2. The highest BCUT2D eigenvalue weighted by atomic mass is 16.5. The van der Waals surface area contributed by atoms with Gasteiger partial charge in [0.15, 0.2) is 5.78 Å². The number of rotatable bonds is 5.